The Morgan fingerprint density at radius 3 is 2.89 bits per heavy atom. The third-order valence-corrected chi connectivity index (χ3v) is 6.71. The van der Waals surface area contributed by atoms with Gasteiger partial charge >= 0.3 is 0 Å². The van der Waals surface area contributed by atoms with Crippen LogP contribution in [-0.2, 0) is 19.6 Å². The highest BCUT2D eigenvalue weighted by molar-refractivity contribution is 5.56. The highest BCUT2D eigenvalue weighted by Crippen LogP contribution is 2.34. The smallest absolute Gasteiger partial charge is 0.275 e. The highest BCUT2D eigenvalue weighted by Gasteiger charge is 2.35. The molecule has 4 aromatic heterocycles. The Hall–Kier alpha value is -4.04. The highest BCUT2D eigenvalue weighted by atomic mass is 16.5. The molecule has 1 aliphatic heterocycles. The summed E-state index contributed by atoms with van der Waals surface area (Å²) in [6.07, 6.45) is 2.86. The van der Waals surface area contributed by atoms with Crippen LogP contribution in [0.4, 0.5) is 0 Å². The van der Waals surface area contributed by atoms with E-state index in [4.69, 9.17) is 24.2 Å². The summed E-state index contributed by atoms with van der Waals surface area (Å²) in [5.74, 6) is 2.11. The first kappa shape index (κ1) is 21.5. The average molecular weight is 473 g/mol. The molecule has 0 radical (unpaired) electrons. The van der Waals surface area contributed by atoms with Gasteiger partial charge < -0.3 is 14.0 Å². The molecule has 2 aliphatic rings. The van der Waals surface area contributed by atoms with E-state index in [0.29, 0.717) is 40.6 Å². The number of fused-ring (bicyclic) bond motifs is 2. The van der Waals surface area contributed by atoms with Crippen molar-refractivity contribution in [1.29, 1.82) is 5.26 Å². The molecule has 0 N–H and O–H groups in total. The Kier molecular flexibility index (Phi) is 5.30. The van der Waals surface area contributed by atoms with Gasteiger partial charge in [0.15, 0.2) is 17.1 Å². The third-order valence-electron chi connectivity index (χ3n) is 6.71. The third kappa shape index (κ3) is 3.95. The van der Waals surface area contributed by atoms with Gasteiger partial charge in [0.2, 0.25) is 5.82 Å². The summed E-state index contributed by atoms with van der Waals surface area (Å²) in [5.41, 5.74) is 4.22. The van der Waals surface area contributed by atoms with E-state index in [2.05, 4.69) is 37.5 Å². The van der Waals surface area contributed by atoms with Crippen molar-refractivity contribution in [3.8, 4) is 29.2 Å². The Balaban J connectivity index is 1.19. The molecule has 178 valence electrons. The van der Waals surface area contributed by atoms with Gasteiger partial charge in [-0.15, -0.1) is 15.3 Å². The molecule has 5 heterocycles. The molecule has 1 aliphatic carbocycles. The van der Waals surface area contributed by atoms with Crippen molar-refractivity contribution in [2.24, 2.45) is 5.92 Å². The number of nitriles is 1. The van der Waals surface area contributed by atoms with Crippen molar-refractivity contribution in [3.05, 3.63) is 47.0 Å². The topological polar surface area (TPSA) is 127 Å². The normalized spacial score (nSPS) is 19.7. The van der Waals surface area contributed by atoms with Gasteiger partial charge in [0.1, 0.15) is 12.4 Å². The Morgan fingerprint density at radius 2 is 2.11 bits per heavy atom. The van der Waals surface area contributed by atoms with E-state index in [9.17, 15) is 0 Å². The minimum absolute atomic E-state index is 0.220. The summed E-state index contributed by atoms with van der Waals surface area (Å²) in [6, 6.07) is 10.5. The van der Waals surface area contributed by atoms with E-state index < -0.39 is 0 Å². The minimum atomic E-state index is 0.220. The van der Waals surface area contributed by atoms with Crippen molar-refractivity contribution in [3.63, 3.8) is 0 Å². The average Bonchev–Trinajstić information content (AvgIpc) is 3.46. The van der Waals surface area contributed by atoms with E-state index in [1.54, 1.807) is 23.8 Å². The zero-order valence-electron chi connectivity index (χ0n) is 19.5. The van der Waals surface area contributed by atoms with Crippen LogP contribution < -0.4 is 9.47 Å². The number of pyridine rings is 1. The van der Waals surface area contributed by atoms with Crippen LogP contribution in [0.3, 0.4) is 0 Å². The lowest BCUT2D eigenvalue weighted by molar-refractivity contribution is 0.0871. The van der Waals surface area contributed by atoms with Crippen LogP contribution in [0.25, 0.3) is 17.2 Å². The first-order chi connectivity index (χ1) is 17.1. The quantitative estimate of drug-likeness (QED) is 0.413. The molecule has 35 heavy (non-hydrogen) atoms. The van der Waals surface area contributed by atoms with Gasteiger partial charge in [0, 0.05) is 49.3 Å². The fraction of sp³-hybridized carbons (Fsp3) is 0.417. The van der Waals surface area contributed by atoms with Gasteiger partial charge in [-0.2, -0.15) is 9.78 Å². The molecule has 0 amide bonds. The Morgan fingerprint density at radius 1 is 1.23 bits per heavy atom. The van der Waals surface area contributed by atoms with E-state index in [1.165, 1.54) is 5.56 Å². The van der Waals surface area contributed by atoms with Crippen LogP contribution in [0.2, 0.25) is 0 Å². The molecule has 11 nitrogen and oxygen atoms in total. The predicted octanol–water partition coefficient (Wildman–Crippen LogP) is 2.73. The predicted molar refractivity (Wildman–Crippen MR) is 122 cm³/mol. The number of aromatic nitrogens is 6. The first-order valence-electron chi connectivity index (χ1n) is 11.6. The summed E-state index contributed by atoms with van der Waals surface area (Å²) < 4.78 is 18.2. The zero-order valence-corrected chi connectivity index (χ0v) is 19.5. The molecule has 0 unspecified atom stereocenters. The maximum Gasteiger partial charge on any atom is 0.275 e. The lowest BCUT2D eigenvalue weighted by Gasteiger charge is -2.42. The largest absolute Gasteiger partial charge is 0.491 e. The maximum atomic E-state index is 9.05. The summed E-state index contributed by atoms with van der Waals surface area (Å²) in [6.45, 7) is 3.91. The van der Waals surface area contributed by atoms with Gasteiger partial charge in [-0.3, -0.25) is 9.88 Å². The van der Waals surface area contributed by atoms with E-state index in [-0.39, 0.29) is 12.5 Å². The van der Waals surface area contributed by atoms with Crippen molar-refractivity contribution in [1.82, 2.24) is 34.9 Å². The Labute approximate surface area is 201 Å². The number of rotatable bonds is 6. The second-order valence-electron chi connectivity index (χ2n) is 9.00. The van der Waals surface area contributed by atoms with E-state index >= 15 is 0 Å². The van der Waals surface area contributed by atoms with Crippen LogP contribution >= 0.6 is 0 Å². The fourth-order valence-corrected chi connectivity index (χ4v) is 4.69. The number of ether oxygens (including phenoxy) is 2. The number of hydrogen-bond acceptors (Lipinski definition) is 10. The number of aryl methyl sites for hydroxylation is 1. The molecular weight excluding hydrogens is 448 g/mol. The van der Waals surface area contributed by atoms with Crippen molar-refractivity contribution in [2.45, 2.75) is 45.4 Å². The molecule has 6 rings (SSSR count). The van der Waals surface area contributed by atoms with Crippen LogP contribution in [0.15, 0.2) is 28.8 Å². The minimum Gasteiger partial charge on any atom is -0.491 e. The monoisotopic (exact) mass is 472 g/mol. The van der Waals surface area contributed by atoms with Crippen LogP contribution in [0.5, 0.6) is 11.6 Å². The number of nitrogens with zero attached hydrogens (tertiary/aromatic N) is 8. The van der Waals surface area contributed by atoms with Crippen LogP contribution in [-0.4, -0.2) is 54.5 Å². The number of methoxy groups -OCH3 is 1. The molecule has 11 heteroatoms. The van der Waals surface area contributed by atoms with Gasteiger partial charge in [-0.25, -0.2) is 0 Å². The maximum absolute atomic E-state index is 9.05. The fourth-order valence-electron chi connectivity index (χ4n) is 4.69. The molecular formula is C24H24N8O3. The van der Waals surface area contributed by atoms with Crippen molar-refractivity contribution >= 4 is 5.65 Å². The second-order valence-corrected chi connectivity index (χ2v) is 9.00. The van der Waals surface area contributed by atoms with Crippen LogP contribution in [0, 0.1) is 24.2 Å². The molecule has 0 spiro atoms. The van der Waals surface area contributed by atoms with Crippen LogP contribution in [0.1, 0.15) is 35.6 Å². The van der Waals surface area contributed by atoms with Crippen molar-refractivity contribution in [2.75, 3.05) is 13.7 Å². The molecule has 0 aromatic carbocycles. The summed E-state index contributed by atoms with van der Waals surface area (Å²) in [5, 5.41) is 26.0. The van der Waals surface area contributed by atoms with Gasteiger partial charge in [-0.05, 0) is 31.4 Å². The molecule has 1 fully saturated rings. The van der Waals surface area contributed by atoms with E-state index in [0.717, 1.165) is 43.7 Å². The molecule has 1 saturated carbocycles. The Bertz CT molecular complexity index is 1430. The standard InChI is InChI=1S/C24H24N8O3/c1-14-7-20(30-35-14)23-28-27-22-10-21(33-2)24(29-32(22)23)34-13-17-4-3-16-12-31(6-5-19(16)26-17)18-8-15(9-18)11-25/h3-4,7,10,15,18H,5-6,8-9,12-13H2,1-2H3. The zero-order chi connectivity index (χ0) is 23.9. The molecule has 0 saturated heterocycles. The SMILES string of the molecule is COc1cc2nnc(-c3cc(C)on3)n2nc1OCc1ccc2c(n1)CCN(C1CC(C#N)C1)C2. The summed E-state index contributed by atoms with van der Waals surface area (Å²) >= 11 is 0. The lowest BCUT2D eigenvalue weighted by Crippen LogP contribution is -2.46. The lowest BCUT2D eigenvalue weighted by atomic mass is 9.79. The summed E-state index contributed by atoms with van der Waals surface area (Å²) in [7, 11) is 1.56. The van der Waals surface area contributed by atoms with Gasteiger partial charge in [0.05, 0.1) is 18.9 Å². The molecule has 4 aromatic rings. The molecule has 0 bridgehead atoms. The van der Waals surface area contributed by atoms with Gasteiger partial charge in [0.25, 0.3) is 5.88 Å². The number of hydrogen-bond donors (Lipinski definition) is 0. The van der Waals surface area contributed by atoms with Crippen molar-refractivity contribution < 1.29 is 14.0 Å². The van der Waals surface area contributed by atoms with E-state index in [1.807, 2.05) is 13.0 Å². The summed E-state index contributed by atoms with van der Waals surface area (Å²) in [4.78, 5) is 7.32. The first-order valence-corrected chi connectivity index (χ1v) is 11.6. The van der Waals surface area contributed by atoms with Gasteiger partial charge in [-0.1, -0.05) is 11.2 Å². The molecule has 0 atom stereocenters. The second kappa shape index (κ2) is 8.63.